The quantitative estimate of drug-likeness (QED) is 0.914. The van der Waals surface area contributed by atoms with Crippen LogP contribution in [0, 0.1) is 5.92 Å². The molecule has 3 rings (SSSR count). The number of aromatic nitrogens is 2. The molecule has 0 aliphatic heterocycles. The maximum atomic E-state index is 5.87. The molecule has 1 aromatic carbocycles. The van der Waals surface area contributed by atoms with Crippen LogP contribution in [-0.2, 0) is 0 Å². The van der Waals surface area contributed by atoms with Crippen LogP contribution in [0.2, 0.25) is 0 Å². The van der Waals surface area contributed by atoms with E-state index < -0.39 is 0 Å². The Hall–Kier alpha value is -1.68. The largest absolute Gasteiger partial charge is 0.355 e. The van der Waals surface area contributed by atoms with Crippen molar-refractivity contribution in [3.63, 3.8) is 0 Å². The van der Waals surface area contributed by atoms with Crippen LogP contribution in [0.3, 0.4) is 0 Å². The van der Waals surface area contributed by atoms with E-state index in [-0.39, 0.29) is 0 Å². The molecule has 19 heavy (non-hydrogen) atoms. The minimum absolute atomic E-state index is 0.500. The summed E-state index contributed by atoms with van der Waals surface area (Å²) >= 11 is 0. The Morgan fingerprint density at radius 1 is 1.26 bits per heavy atom. The monoisotopic (exact) mass is 256 g/mol. The summed E-state index contributed by atoms with van der Waals surface area (Å²) in [5, 5.41) is 0. The van der Waals surface area contributed by atoms with E-state index in [1.807, 2.05) is 30.5 Å². The van der Waals surface area contributed by atoms with Gasteiger partial charge in [-0.2, -0.15) is 0 Å². The van der Waals surface area contributed by atoms with E-state index in [0.717, 1.165) is 23.4 Å². The molecule has 0 amide bonds. The summed E-state index contributed by atoms with van der Waals surface area (Å²) < 4.78 is 0. The van der Waals surface area contributed by atoms with E-state index in [2.05, 4.69) is 16.9 Å². The lowest BCUT2D eigenvalue weighted by Crippen LogP contribution is -2.38. The van der Waals surface area contributed by atoms with E-state index in [1.54, 1.807) is 0 Å². The molecule has 4 heteroatoms. The van der Waals surface area contributed by atoms with Crippen LogP contribution in [0.4, 0.5) is 5.82 Å². The lowest BCUT2D eigenvalue weighted by Gasteiger charge is -2.30. The number of hydrogen-bond donors (Lipinski definition) is 1. The fourth-order valence-corrected chi connectivity index (χ4v) is 3.09. The zero-order valence-electron chi connectivity index (χ0n) is 11.3. The Morgan fingerprint density at radius 3 is 2.84 bits per heavy atom. The van der Waals surface area contributed by atoms with Crippen molar-refractivity contribution >= 4 is 16.9 Å². The average Bonchev–Trinajstić information content (AvgIpc) is 2.94. The molecule has 2 aromatic rings. The summed E-state index contributed by atoms with van der Waals surface area (Å²) in [6.07, 6.45) is 5.56. The van der Waals surface area contributed by atoms with Gasteiger partial charge in [0.05, 0.1) is 17.2 Å². The van der Waals surface area contributed by atoms with Gasteiger partial charge in [0, 0.05) is 13.1 Å². The predicted molar refractivity (Wildman–Crippen MR) is 78.1 cm³/mol. The second-order valence-electron chi connectivity index (χ2n) is 5.32. The second-order valence-corrected chi connectivity index (χ2v) is 5.32. The molecular weight excluding hydrogens is 236 g/mol. The number of benzene rings is 1. The van der Waals surface area contributed by atoms with Crippen LogP contribution in [0.5, 0.6) is 0 Å². The second kappa shape index (κ2) is 5.13. The van der Waals surface area contributed by atoms with Crippen molar-refractivity contribution < 1.29 is 0 Å². The van der Waals surface area contributed by atoms with Crippen LogP contribution in [0.15, 0.2) is 30.5 Å². The highest BCUT2D eigenvalue weighted by atomic mass is 15.2. The molecule has 4 nitrogen and oxygen atoms in total. The van der Waals surface area contributed by atoms with Crippen molar-refractivity contribution in [3.8, 4) is 0 Å². The van der Waals surface area contributed by atoms with Gasteiger partial charge >= 0.3 is 0 Å². The zero-order valence-corrected chi connectivity index (χ0v) is 11.3. The molecule has 1 fully saturated rings. The molecule has 0 spiro atoms. The van der Waals surface area contributed by atoms with Crippen LogP contribution in [0.25, 0.3) is 11.0 Å². The topological polar surface area (TPSA) is 55.0 Å². The number of hydrogen-bond acceptors (Lipinski definition) is 4. The minimum atomic E-state index is 0.500. The Kier molecular flexibility index (Phi) is 3.34. The molecule has 1 heterocycles. The summed E-state index contributed by atoms with van der Waals surface area (Å²) in [6.45, 7) is 0.760. The number of rotatable bonds is 3. The SMILES string of the molecule is CN(c1cnc2ccccc2n1)C1CCCC1CN. The molecule has 0 radical (unpaired) electrons. The standard InChI is InChI=1S/C15H20N4/c1-19(14-8-4-5-11(14)9-16)15-10-17-12-6-2-3-7-13(12)18-15/h2-3,6-7,10-11,14H,4-5,8-9,16H2,1H3. The van der Waals surface area contributed by atoms with Crippen molar-refractivity contribution in [1.82, 2.24) is 9.97 Å². The van der Waals surface area contributed by atoms with Gasteiger partial charge in [-0.05, 0) is 37.4 Å². The lowest BCUT2D eigenvalue weighted by atomic mass is 10.0. The first-order valence-corrected chi connectivity index (χ1v) is 6.94. The van der Waals surface area contributed by atoms with Gasteiger partial charge < -0.3 is 10.6 Å². The van der Waals surface area contributed by atoms with Gasteiger partial charge in [-0.3, -0.25) is 4.98 Å². The number of nitrogens with two attached hydrogens (primary N) is 1. The summed E-state index contributed by atoms with van der Waals surface area (Å²) in [5.74, 6) is 1.53. The number of nitrogens with zero attached hydrogens (tertiary/aromatic N) is 3. The van der Waals surface area contributed by atoms with Crippen molar-refractivity contribution in [2.24, 2.45) is 11.7 Å². The van der Waals surface area contributed by atoms with E-state index in [4.69, 9.17) is 10.7 Å². The zero-order chi connectivity index (χ0) is 13.2. The van der Waals surface area contributed by atoms with Gasteiger partial charge in [0.1, 0.15) is 5.82 Å². The van der Waals surface area contributed by atoms with Crippen molar-refractivity contribution in [2.75, 3.05) is 18.5 Å². The maximum Gasteiger partial charge on any atom is 0.147 e. The van der Waals surface area contributed by atoms with Gasteiger partial charge in [0.2, 0.25) is 0 Å². The van der Waals surface area contributed by atoms with Gasteiger partial charge in [0.15, 0.2) is 0 Å². The van der Waals surface area contributed by atoms with Gasteiger partial charge in [0.25, 0.3) is 0 Å². The molecule has 1 aliphatic carbocycles. The highest BCUT2D eigenvalue weighted by Gasteiger charge is 2.30. The van der Waals surface area contributed by atoms with Gasteiger partial charge in [-0.25, -0.2) is 4.98 Å². The number of anilines is 1. The first kappa shape index (κ1) is 12.4. The highest BCUT2D eigenvalue weighted by Crippen LogP contribution is 2.30. The summed E-state index contributed by atoms with van der Waals surface area (Å²) in [4.78, 5) is 11.5. The van der Waals surface area contributed by atoms with Crippen molar-refractivity contribution in [2.45, 2.75) is 25.3 Å². The maximum absolute atomic E-state index is 5.87. The third-order valence-corrected chi connectivity index (χ3v) is 4.22. The molecule has 1 saturated carbocycles. The Morgan fingerprint density at radius 2 is 2.05 bits per heavy atom. The molecule has 0 bridgehead atoms. The molecule has 1 aliphatic rings. The first-order valence-electron chi connectivity index (χ1n) is 6.94. The third-order valence-electron chi connectivity index (χ3n) is 4.22. The fourth-order valence-electron chi connectivity index (χ4n) is 3.09. The summed E-state index contributed by atoms with van der Waals surface area (Å²) in [7, 11) is 2.11. The lowest BCUT2D eigenvalue weighted by molar-refractivity contribution is 0.472. The predicted octanol–water partition coefficient (Wildman–Crippen LogP) is 2.19. The Balaban J connectivity index is 1.90. The number of para-hydroxylation sites is 2. The van der Waals surface area contributed by atoms with Gasteiger partial charge in [-0.1, -0.05) is 18.6 Å². The van der Waals surface area contributed by atoms with E-state index >= 15 is 0 Å². The summed E-state index contributed by atoms with van der Waals surface area (Å²) in [6, 6.07) is 8.49. The van der Waals surface area contributed by atoms with Crippen LogP contribution < -0.4 is 10.6 Å². The van der Waals surface area contributed by atoms with Crippen LogP contribution in [0.1, 0.15) is 19.3 Å². The van der Waals surface area contributed by atoms with E-state index in [9.17, 15) is 0 Å². The van der Waals surface area contributed by atoms with Gasteiger partial charge in [-0.15, -0.1) is 0 Å². The van der Waals surface area contributed by atoms with Crippen LogP contribution >= 0.6 is 0 Å². The minimum Gasteiger partial charge on any atom is -0.355 e. The fraction of sp³-hybridized carbons (Fsp3) is 0.467. The molecule has 2 unspecified atom stereocenters. The molecular formula is C15H20N4. The molecule has 1 aromatic heterocycles. The molecule has 0 saturated heterocycles. The third kappa shape index (κ3) is 2.28. The van der Waals surface area contributed by atoms with E-state index in [1.165, 1.54) is 19.3 Å². The number of fused-ring (bicyclic) bond motifs is 1. The highest BCUT2D eigenvalue weighted by molar-refractivity contribution is 5.75. The molecule has 2 N–H and O–H groups in total. The smallest absolute Gasteiger partial charge is 0.147 e. The normalized spacial score (nSPS) is 22.8. The summed E-state index contributed by atoms with van der Waals surface area (Å²) in [5.41, 5.74) is 7.77. The first-order chi connectivity index (χ1) is 9.29. The average molecular weight is 256 g/mol. The Bertz CT molecular complexity index is 569. The Labute approximate surface area is 113 Å². The molecule has 100 valence electrons. The molecule has 2 atom stereocenters. The van der Waals surface area contributed by atoms with Crippen LogP contribution in [-0.4, -0.2) is 29.6 Å². The van der Waals surface area contributed by atoms with E-state index in [0.29, 0.717) is 12.0 Å². The van der Waals surface area contributed by atoms with Crippen molar-refractivity contribution in [3.05, 3.63) is 30.5 Å². The van der Waals surface area contributed by atoms with Crippen molar-refractivity contribution in [1.29, 1.82) is 0 Å².